The molecule has 98 valence electrons. The Balaban J connectivity index is 3.06. The molecule has 0 aromatic heterocycles. The van der Waals surface area contributed by atoms with Crippen molar-refractivity contribution in [1.82, 2.24) is 0 Å². The number of nitro groups is 1. The van der Waals surface area contributed by atoms with Gasteiger partial charge in [-0.1, -0.05) is 0 Å². The normalized spacial score (nSPS) is 12.0. The fraction of sp³-hybridized carbons (Fsp3) is 0.364. The summed E-state index contributed by atoms with van der Waals surface area (Å²) < 4.78 is 5.45. The van der Waals surface area contributed by atoms with Gasteiger partial charge in [-0.15, -0.1) is 0 Å². The van der Waals surface area contributed by atoms with Crippen molar-refractivity contribution < 1.29 is 14.5 Å². The first kappa shape index (κ1) is 14.6. The highest BCUT2D eigenvalue weighted by molar-refractivity contribution is 9.10. The van der Waals surface area contributed by atoms with E-state index in [1.807, 2.05) is 0 Å². The number of rotatable bonds is 4. The molecule has 0 aliphatic rings. The molecule has 0 aliphatic heterocycles. The Morgan fingerprint density at radius 2 is 2.17 bits per heavy atom. The Hall–Kier alpha value is -1.47. The predicted molar refractivity (Wildman–Crippen MR) is 70.6 cm³/mol. The van der Waals surface area contributed by atoms with Crippen molar-refractivity contribution in [2.24, 2.45) is 0 Å². The van der Waals surface area contributed by atoms with Crippen LogP contribution in [0.15, 0.2) is 16.6 Å². The quantitative estimate of drug-likeness (QED) is 0.684. The molecule has 1 unspecified atom stereocenters. The number of benzene rings is 1. The molecule has 1 rings (SSSR count). The zero-order chi connectivity index (χ0) is 13.9. The van der Waals surface area contributed by atoms with E-state index in [2.05, 4.69) is 21.2 Å². The minimum atomic E-state index is -0.628. The predicted octanol–water partition coefficient (Wildman–Crippen LogP) is 2.64. The van der Waals surface area contributed by atoms with E-state index in [0.29, 0.717) is 15.7 Å². The first-order valence-corrected chi connectivity index (χ1v) is 5.94. The fourth-order valence-electron chi connectivity index (χ4n) is 1.30. The molecule has 1 aromatic rings. The smallest absolute Gasteiger partial charge is 0.274 e. The lowest BCUT2D eigenvalue weighted by atomic mass is 10.2. The summed E-state index contributed by atoms with van der Waals surface area (Å²) in [6.07, 6.45) is -0.628. The van der Waals surface area contributed by atoms with Crippen molar-refractivity contribution in [2.75, 3.05) is 12.4 Å². The van der Waals surface area contributed by atoms with Gasteiger partial charge in [0.15, 0.2) is 0 Å². The summed E-state index contributed by atoms with van der Waals surface area (Å²) in [4.78, 5) is 22.0. The highest BCUT2D eigenvalue weighted by Gasteiger charge is 2.18. The van der Waals surface area contributed by atoms with Crippen molar-refractivity contribution in [2.45, 2.75) is 20.0 Å². The molecule has 0 heterocycles. The SMILES string of the molecule is COC(C)C(=O)Nc1cc([N+](=O)[O-])c(C)cc1Br. The Morgan fingerprint density at radius 3 is 2.67 bits per heavy atom. The molecule has 7 heteroatoms. The number of carbonyl (C=O) groups is 1. The number of carbonyl (C=O) groups excluding carboxylic acids is 1. The van der Waals surface area contributed by atoms with Crippen LogP contribution in [0.5, 0.6) is 0 Å². The molecular formula is C11H13BrN2O4. The fourth-order valence-corrected chi connectivity index (χ4v) is 1.85. The van der Waals surface area contributed by atoms with Gasteiger partial charge in [0.2, 0.25) is 0 Å². The van der Waals surface area contributed by atoms with Crippen LogP contribution in [0.2, 0.25) is 0 Å². The summed E-state index contributed by atoms with van der Waals surface area (Å²) in [6, 6.07) is 2.91. The summed E-state index contributed by atoms with van der Waals surface area (Å²) in [6.45, 7) is 3.22. The van der Waals surface area contributed by atoms with Crippen LogP contribution >= 0.6 is 15.9 Å². The van der Waals surface area contributed by atoms with Crippen LogP contribution in [-0.2, 0) is 9.53 Å². The largest absolute Gasteiger partial charge is 0.372 e. The van der Waals surface area contributed by atoms with Crippen molar-refractivity contribution in [1.29, 1.82) is 0 Å². The van der Waals surface area contributed by atoms with Gasteiger partial charge in [-0.3, -0.25) is 14.9 Å². The lowest BCUT2D eigenvalue weighted by Gasteiger charge is -2.12. The van der Waals surface area contributed by atoms with E-state index in [-0.39, 0.29) is 11.6 Å². The van der Waals surface area contributed by atoms with E-state index < -0.39 is 11.0 Å². The van der Waals surface area contributed by atoms with Gasteiger partial charge in [0, 0.05) is 23.2 Å². The van der Waals surface area contributed by atoms with Crippen molar-refractivity contribution in [3.05, 3.63) is 32.3 Å². The third kappa shape index (κ3) is 3.27. The number of halogens is 1. The number of methoxy groups -OCH3 is 1. The maximum absolute atomic E-state index is 11.6. The van der Waals surface area contributed by atoms with Crippen LogP contribution < -0.4 is 5.32 Å². The number of amides is 1. The Morgan fingerprint density at radius 1 is 1.56 bits per heavy atom. The van der Waals surface area contributed by atoms with Gasteiger partial charge in [-0.25, -0.2) is 0 Å². The second-order valence-electron chi connectivity index (χ2n) is 3.74. The Kier molecular flexibility index (Phi) is 4.80. The number of nitrogens with one attached hydrogen (secondary N) is 1. The average molecular weight is 317 g/mol. The van der Waals surface area contributed by atoms with Gasteiger partial charge in [0.1, 0.15) is 6.10 Å². The van der Waals surface area contributed by atoms with E-state index >= 15 is 0 Å². The lowest BCUT2D eigenvalue weighted by Crippen LogP contribution is -2.26. The third-order valence-corrected chi connectivity index (χ3v) is 3.12. The average Bonchev–Trinajstić information content (AvgIpc) is 2.30. The van der Waals surface area contributed by atoms with Gasteiger partial charge < -0.3 is 10.1 Å². The first-order valence-electron chi connectivity index (χ1n) is 5.15. The van der Waals surface area contributed by atoms with Gasteiger partial charge in [-0.2, -0.15) is 0 Å². The Bertz CT molecular complexity index is 490. The third-order valence-electron chi connectivity index (χ3n) is 2.46. The van der Waals surface area contributed by atoms with Crippen molar-refractivity contribution >= 4 is 33.2 Å². The van der Waals surface area contributed by atoms with Crippen LogP contribution in [-0.4, -0.2) is 24.0 Å². The number of nitrogens with zero attached hydrogens (tertiary/aromatic N) is 1. The minimum absolute atomic E-state index is 0.0430. The van der Waals surface area contributed by atoms with Gasteiger partial charge in [-0.05, 0) is 35.8 Å². The number of hydrogen-bond donors (Lipinski definition) is 1. The standard InChI is InChI=1S/C11H13BrN2O4/c1-6-4-8(12)9(5-10(6)14(16)17)13-11(15)7(2)18-3/h4-5,7H,1-3H3,(H,13,15). The Labute approximate surface area is 113 Å². The van der Waals surface area contributed by atoms with Crippen molar-refractivity contribution in [3.63, 3.8) is 0 Å². The van der Waals surface area contributed by atoms with Crippen molar-refractivity contribution in [3.8, 4) is 0 Å². The molecule has 0 saturated carbocycles. The zero-order valence-electron chi connectivity index (χ0n) is 10.2. The van der Waals surface area contributed by atoms with E-state index in [1.54, 1.807) is 19.9 Å². The molecule has 1 amide bonds. The number of aryl methyl sites for hydroxylation is 1. The molecule has 0 radical (unpaired) electrons. The molecule has 1 N–H and O–H groups in total. The molecule has 0 aliphatic carbocycles. The first-order chi connectivity index (χ1) is 8.36. The number of anilines is 1. The molecule has 0 bridgehead atoms. The van der Waals surface area contributed by atoms with E-state index in [0.717, 1.165) is 0 Å². The summed E-state index contributed by atoms with van der Waals surface area (Å²) in [5, 5.41) is 13.4. The molecule has 18 heavy (non-hydrogen) atoms. The molecule has 1 aromatic carbocycles. The van der Waals surface area contributed by atoms with Crippen LogP contribution in [0.1, 0.15) is 12.5 Å². The second-order valence-corrected chi connectivity index (χ2v) is 4.60. The molecule has 0 saturated heterocycles. The molecular weight excluding hydrogens is 304 g/mol. The summed E-state index contributed by atoms with van der Waals surface area (Å²) in [7, 11) is 1.41. The van der Waals surface area contributed by atoms with Gasteiger partial charge in [0.05, 0.1) is 10.6 Å². The second kappa shape index (κ2) is 5.92. The summed E-state index contributed by atoms with van der Waals surface area (Å²) >= 11 is 3.25. The number of ether oxygens (including phenoxy) is 1. The van der Waals surface area contributed by atoms with Crippen LogP contribution in [0.25, 0.3) is 0 Å². The van der Waals surface area contributed by atoms with E-state index in [9.17, 15) is 14.9 Å². The van der Waals surface area contributed by atoms with Crippen LogP contribution in [0, 0.1) is 17.0 Å². The van der Waals surface area contributed by atoms with Gasteiger partial charge >= 0.3 is 0 Å². The van der Waals surface area contributed by atoms with E-state index in [1.165, 1.54) is 13.2 Å². The molecule has 1 atom stereocenters. The van der Waals surface area contributed by atoms with Crippen LogP contribution in [0.4, 0.5) is 11.4 Å². The summed E-state index contributed by atoms with van der Waals surface area (Å²) in [5.41, 5.74) is 0.824. The summed E-state index contributed by atoms with van der Waals surface area (Å²) in [5.74, 6) is -0.364. The highest BCUT2D eigenvalue weighted by atomic mass is 79.9. The molecule has 6 nitrogen and oxygen atoms in total. The monoisotopic (exact) mass is 316 g/mol. The lowest BCUT2D eigenvalue weighted by molar-refractivity contribution is -0.385. The van der Waals surface area contributed by atoms with Gasteiger partial charge in [0.25, 0.3) is 11.6 Å². The molecule has 0 fully saturated rings. The number of hydrogen-bond acceptors (Lipinski definition) is 4. The van der Waals surface area contributed by atoms with E-state index in [4.69, 9.17) is 4.74 Å². The zero-order valence-corrected chi connectivity index (χ0v) is 11.8. The topological polar surface area (TPSA) is 81.5 Å². The minimum Gasteiger partial charge on any atom is -0.372 e. The molecule has 0 spiro atoms. The number of nitro benzene ring substituents is 1. The van der Waals surface area contributed by atoms with Crippen LogP contribution in [0.3, 0.4) is 0 Å². The maximum atomic E-state index is 11.6. The maximum Gasteiger partial charge on any atom is 0.274 e. The highest BCUT2D eigenvalue weighted by Crippen LogP contribution is 2.30.